The molecular weight excluding hydrogens is 228 g/mol. The molecule has 5 heteroatoms. The van der Waals surface area contributed by atoms with Gasteiger partial charge in [-0.1, -0.05) is 6.07 Å². The lowest BCUT2D eigenvalue weighted by Gasteiger charge is -2.10. The molecule has 0 saturated carbocycles. The van der Waals surface area contributed by atoms with Crippen molar-refractivity contribution in [2.75, 3.05) is 12.4 Å². The number of benzene rings is 1. The molecule has 0 fully saturated rings. The number of ether oxygens (including phenoxy) is 1. The molecule has 0 radical (unpaired) electrons. The van der Waals surface area contributed by atoms with E-state index in [-0.39, 0.29) is 5.69 Å². The first-order valence-corrected chi connectivity index (χ1v) is 5.36. The average molecular weight is 240 g/mol. The summed E-state index contributed by atoms with van der Waals surface area (Å²) >= 11 is 0. The molecule has 0 amide bonds. The fourth-order valence-electron chi connectivity index (χ4n) is 1.51. The van der Waals surface area contributed by atoms with E-state index >= 15 is 0 Å². The Morgan fingerprint density at radius 1 is 1.28 bits per heavy atom. The highest BCUT2D eigenvalue weighted by atomic mass is 16.5. The molecule has 0 spiro atoms. The molecule has 0 bridgehead atoms. The van der Waals surface area contributed by atoms with Gasteiger partial charge in [-0.15, -0.1) is 0 Å². The molecule has 2 aromatic rings. The fraction of sp³-hybridized carbons (Fsp3) is 0.154. The van der Waals surface area contributed by atoms with Gasteiger partial charge in [-0.25, -0.2) is 9.97 Å². The van der Waals surface area contributed by atoms with Crippen LogP contribution in [0, 0.1) is 18.3 Å². The number of rotatable bonds is 3. The van der Waals surface area contributed by atoms with E-state index in [4.69, 9.17) is 10.00 Å². The van der Waals surface area contributed by atoms with Gasteiger partial charge in [-0.05, 0) is 24.6 Å². The largest absolute Gasteiger partial charge is 0.495 e. The minimum absolute atomic E-state index is 0.289. The zero-order chi connectivity index (χ0) is 13.0. The van der Waals surface area contributed by atoms with E-state index in [0.29, 0.717) is 5.82 Å². The summed E-state index contributed by atoms with van der Waals surface area (Å²) in [6.07, 6.45) is 2.94. The molecule has 0 aliphatic heterocycles. The molecule has 0 aliphatic rings. The second-order valence-electron chi connectivity index (χ2n) is 3.73. The van der Waals surface area contributed by atoms with E-state index in [0.717, 1.165) is 17.0 Å². The summed E-state index contributed by atoms with van der Waals surface area (Å²) in [5, 5.41) is 11.8. The molecule has 90 valence electrons. The normalized spacial score (nSPS) is 9.61. The molecule has 0 aliphatic carbocycles. The van der Waals surface area contributed by atoms with Crippen molar-refractivity contribution in [2.45, 2.75) is 6.92 Å². The van der Waals surface area contributed by atoms with E-state index in [1.165, 1.54) is 12.4 Å². The van der Waals surface area contributed by atoms with Gasteiger partial charge < -0.3 is 10.1 Å². The Kier molecular flexibility index (Phi) is 3.39. The van der Waals surface area contributed by atoms with Crippen molar-refractivity contribution in [3.05, 3.63) is 41.9 Å². The number of nitrogens with zero attached hydrogens (tertiary/aromatic N) is 3. The van der Waals surface area contributed by atoms with Crippen molar-refractivity contribution in [1.82, 2.24) is 9.97 Å². The van der Waals surface area contributed by atoms with E-state index < -0.39 is 0 Å². The number of hydrogen-bond acceptors (Lipinski definition) is 5. The van der Waals surface area contributed by atoms with Crippen LogP contribution in [0.25, 0.3) is 0 Å². The van der Waals surface area contributed by atoms with Gasteiger partial charge in [0.05, 0.1) is 25.2 Å². The number of nitrogens with one attached hydrogen (secondary N) is 1. The van der Waals surface area contributed by atoms with Crippen molar-refractivity contribution in [3.8, 4) is 11.8 Å². The van der Waals surface area contributed by atoms with Crippen LogP contribution in [0.5, 0.6) is 5.75 Å². The van der Waals surface area contributed by atoms with Gasteiger partial charge in [0.15, 0.2) is 5.69 Å². The summed E-state index contributed by atoms with van der Waals surface area (Å²) in [4.78, 5) is 8.04. The standard InChI is InChI=1S/C13H12N4O/c1-9-3-4-12(18-2)11(5-9)17-13-8-15-10(6-14)7-16-13/h3-5,7-8H,1-2H3,(H,16,17). The van der Waals surface area contributed by atoms with Gasteiger partial charge in [0.25, 0.3) is 0 Å². The number of aryl methyl sites for hydroxylation is 1. The Bertz CT molecular complexity index is 587. The minimum atomic E-state index is 0.289. The predicted molar refractivity (Wildman–Crippen MR) is 67.8 cm³/mol. The van der Waals surface area contributed by atoms with Gasteiger partial charge >= 0.3 is 0 Å². The molecule has 18 heavy (non-hydrogen) atoms. The molecule has 0 unspecified atom stereocenters. The topological polar surface area (TPSA) is 70.8 Å². The third-order valence-electron chi connectivity index (χ3n) is 2.38. The molecule has 0 saturated heterocycles. The third-order valence-corrected chi connectivity index (χ3v) is 2.38. The first-order valence-electron chi connectivity index (χ1n) is 5.36. The van der Waals surface area contributed by atoms with E-state index in [2.05, 4.69) is 15.3 Å². The maximum absolute atomic E-state index is 8.64. The first-order chi connectivity index (χ1) is 8.72. The van der Waals surface area contributed by atoms with Crippen molar-refractivity contribution >= 4 is 11.5 Å². The molecule has 1 N–H and O–H groups in total. The summed E-state index contributed by atoms with van der Waals surface area (Å²) in [7, 11) is 1.61. The van der Waals surface area contributed by atoms with Gasteiger partial charge in [-0.3, -0.25) is 0 Å². The number of nitriles is 1. The Morgan fingerprint density at radius 2 is 2.11 bits per heavy atom. The summed E-state index contributed by atoms with van der Waals surface area (Å²) in [5.41, 5.74) is 2.22. The van der Waals surface area contributed by atoms with Gasteiger partial charge in [0.2, 0.25) is 0 Å². The minimum Gasteiger partial charge on any atom is -0.495 e. The van der Waals surface area contributed by atoms with Crippen molar-refractivity contribution in [3.63, 3.8) is 0 Å². The summed E-state index contributed by atoms with van der Waals surface area (Å²) in [6, 6.07) is 7.73. The van der Waals surface area contributed by atoms with E-state index in [1.807, 2.05) is 31.2 Å². The van der Waals surface area contributed by atoms with Crippen LogP contribution >= 0.6 is 0 Å². The Balaban J connectivity index is 2.27. The number of aromatic nitrogens is 2. The van der Waals surface area contributed by atoms with Gasteiger partial charge in [0, 0.05) is 0 Å². The van der Waals surface area contributed by atoms with Crippen LogP contribution in [0.1, 0.15) is 11.3 Å². The fourth-order valence-corrected chi connectivity index (χ4v) is 1.51. The van der Waals surface area contributed by atoms with Gasteiger partial charge in [-0.2, -0.15) is 5.26 Å². The summed E-state index contributed by atoms with van der Waals surface area (Å²) in [5.74, 6) is 1.30. The third kappa shape index (κ3) is 2.55. The predicted octanol–water partition coefficient (Wildman–Crippen LogP) is 2.41. The maximum Gasteiger partial charge on any atom is 0.158 e. The molecule has 5 nitrogen and oxygen atoms in total. The number of anilines is 2. The first kappa shape index (κ1) is 11.9. The molecule has 1 aromatic heterocycles. The van der Waals surface area contributed by atoms with E-state index in [1.54, 1.807) is 7.11 Å². The lowest BCUT2D eigenvalue weighted by atomic mass is 10.2. The zero-order valence-electron chi connectivity index (χ0n) is 10.1. The lowest BCUT2D eigenvalue weighted by Crippen LogP contribution is -1.98. The average Bonchev–Trinajstić information content (AvgIpc) is 2.40. The summed E-state index contributed by atoms with van der Waals surface area (Å²) in [6.45, 7) is 2.00. The van der Waals surface area contributed by atoms with Crippen molar-refractivity contribution in [2.24, 2.45) is 0 Å². The van der Waals surface area contributed by atoms with Crippen LogP contribution in [-0.2, 0) is 0 Å². The lowest BCUT2D eigenvalue weighted by molar-refractivity contribution is 0.416. The quantitative estimate of drug-likeness (QED) is 0.892. The molecule has 0 atom stereocenters. The Morgan fingerprint density at radius 3 is 2.72 bits per heavy atom. The maximum atomic E-state index is 8.64. The number of methoxy groups -OCH3 is 1. The SMILES string of the molecule is COc1ccc(C)cc1Nc1cnc(C#N)cn1. The zero-order valence-corrected chi connectivity index (χ0v) is 10.1. The van der Waals surface area contributed by atoms with Crippen LogP contribution in [0.4, 0.5) is 11.5 Å². The number of hydrogen-bond donors (Lipinski definition) is 1. The second kappa shape index (κ2) is 5.15. The monoisotopic (exact) mass is 240 g/mol. The highest BCUT2D eigenvalue weighted by molar-refractivity contribution is 5.64. The second-order valence-corrected chi connectivity index (χ2v) is 3.73. The van der Waals surface area contributed by atoms with Crippen LogP contribution in [0.3, 0.4) is 0 Å². The molecule has 1 heterocycles. The molecule has 2 rings (SSSR count). The highest BCUT2D eigenvalue weighted by Crippen LogP contribution is 2.27. The highest BCUT2D eigenvalue weighted by Gasteiger charge is 2.04. The summed E-state index contributed by atoms with van der Waals surface area (Å²) < 4.78 is 5.25. The van der Waals surface area contributed by atoms with Gasteiger partial charge in [0.1, 0.15) is 17.6 Å². The van der Waals surface area contributed by atoms with Crippen LogP contribution in [0.2, 0.25) is 0 Å². The van der Waals surface area contributed by atoms with Crippen LogP contribution in [-0.4, -0.2) is 17.1 Å². The Hall–Kier alpha value is -2.61. The van der Waals surface area contributed by atoms with E-state index in [9.17, 15) is 0 Å². The Labute approximate surface area is 105 Å². The van der Waals surface area contributed by atoms with Crippen molar-refractivity contribution in [1.29, 1.82) is 5.26 Å². The van der Waals surface area contributed by atoms with Crippen LogP contribution in [0.15, 0.2) is 30.6 Å². The molecular formula is C13H12N4O. The molecule has 1 aromatic carbocycles. The smallest absolute Gasteiger partial charge is 0.158 e. The van der Waals surface area contributed by atoms with Crippen LogP contribution < -0.4 is 10.1 Å². The van der Waals surface area contributed by atoms with Crippen molar-refractivity contribution < 1.29 is 4.74 Å².